The van der Waals surface area contributed by atoms with Crippen molar-refractivity contribution in [3.63, 3.8) is 0 Å². The lowest BCUT2D eigenvalue weighted by molar-refractivity contribution is 0.546. The van der Waals surface area contributed by atoms with Crippen LogP contribution in [0.25, 0.3) is 0 Å². The highest BCUT2D eigenvalue weighted by atomic mass is 32.1. The fourth-order valence-corrected chi connectivity index (χ4v) is 2.82. The molecule has 4 heteroatoms. The van der Waals surface area contributed by atoms with Gasteiger partial charge in [-0.25, -0.2) is 0 Å². The van der Waals surface area contributed by atoms with Gasteiger partial charge in [0.25, 0.3) is 0 Å². The van der Waals surface area contributed by atoms with Crippen molar-refractivity contribution in [1.29, 1.82) is 0 Å². The first kappa shape index (κ1) is 10.8. The van der Waals surface area contributed by atoms with Crippen molar-refractivity contribution in [2.75, 3.05) is 6.54 Å². The van der Waals surface area contributed by atoms with Crippen molar-refractivity contribution < 1.29 is 0 Å². The summed E-state index contributed by atoms with van der Waals surface area (Å²) in [5.41, 5.74) is 7.04. The molecule has 0 aliphatic rings. The van der Waals surface area contributed by atoms with Crippen molar-refractivity contribution in [1.82, 2.24) is 5.32 Å². The van der Waals surface area contributed by atoms with Gasteiger partial charge in [0.2, 0.25) is 0 Å². The second-order valence-corrected chi connectivity index (χ2v) is 5.12. The average Bonchev–Trinajstić information content (AvgIpc) is 2.90. The molecule has 0 aromatic carbocycles. The summed E-state index contributed by atoms with van der Waals surface area (Å²) in [5.74, 6) is 0. The second kappa shape index (κ2) is 5.42. The van der Waals surface area contributed by atoms with Gasteiger partial charge in [-0.05, 0) is 33.8 Å². The Bertz CT molecular complexity index is 367. The van der Waals surface area contributed by atoms with Crippen molar-refractivity contribution in [2.24, 2.45) is 5.73 Å². The third-order valence-corrected chi connectivity index (χ3v) is 3.86. The maximum absolute atomic E-state index is 5.75. The first-order chi connectivity index (χ1) is 7.40. The van der Waals surface area contributed by atoms with Gasteiger partial charge in [-0.3, -0.25) is 0 Å². The van der Waals surface area contributed by atoms with E-state index < -0.39 is 0 Å². The standard InChI is InChI=1S/C11H14N2S2/c12-6-11(9-3-5-14-8-9)13-7-10-2-1-4-15-10/h1-5,8,11,13H,6-7,12H2. The summed E-state index contributed by atoms with van der Waals surface area (Å²) in [7, 11) is 0. The van der Waals surface area contributed by atoms with Gasteiger partial charge in [-0.15, -0.1) is 11.3 Å². The fourth-order valence-electron chi connectivity index (χ4n) is 1.45. The van der Waals surface area contributed by atoms with Crippen LogP contribution in [0.3, 0.4) is 0 Å². The average molecular weight is 238 g/mol. The van der Waals surface area contributed by atoms with E-state index in [9.17, 15) is 0 Å². The minimum atomic E-state index is 0.276. The number of nitrogens with one attached hydrogen (secondary N) is 1. The van der Waals surface area contributed by atoms with Crippen molar-refractivity contribution in [3.05, 3.63) is 44.8 Å². The molecule has 0 saturated heterocycles. The maximum atomic E-state index is 5.75. The molecule has 0 spiro atoms. The van der Waals surface area contributed by atoms with Crippen LogP contribution < -0.4 is 11.1 Å². The van der Waals surface area contributed by atoms with Gasteiger partial charge in [-0.1, -0.05) is 6.07 Å². The Kier molecular flexibility index (Phi) is 3.91. The summed E-state index contributed by atoms with van der Waals surface area (Å²) < 4.78 is 0. The highest BCUT2D eigenvalue weighted by Crippen LogP contribution is 2.16. The van der Waals surface area contributed by atoms with E-state index in [2.05, 4.69) is 39.7 Å². The van der Waals surface area contributed by atoms with E-state index in [1.807, 2.05) is 0 Å². The molecule has 80 valence electrons. The SMILES string of the molecule is NCC(NCc1cccs1)c1ccsc1. The number of rotatable bonds is 5. The Hall–Kier alpha value is -0.680. The summed E-state index contributed by atoms with van der Waals surface area (Å²) in [5, 5.41) is 9.80. The third-order valence-electron chi connectivity index (χ3n) is 2.28. The molecule has 0 bridgehead atoms. The Labute approximate surface area is 97.8 Å². The van der Waals surface area contributed by atoms with Crippen molar-refractivity contribution >= 4 is 22.7 Å². The lowest BCUT2D eigenvalue weighted by Crippen LogP contribution is -2.27. The van der Waals surface area contributed by atoms with Crippen LogP contribution in [-0.2, 0) is 6.54 Å². The van der Waals surface area contributed by atoms with Crippen LogP contribution in [0.5, 0.6) is 0 Å². The van der Waals surface area contributed by atoms with Crippen LogP contribution in [0.4, 0.5) is 0 Å². The molecule has 15 heavy (non-hydrogen) atoms. The van der Waals surface area contributed by atoms with E-state index in [0.29, 0.717) is 6.54 Å². The van der Waals surface area contributed by atoms with Crippen LogP contribution in [0.15, 0.2) is 34.3 Å². The Balaban J connectivity index is 1.92. The molecule has 0 aliphatic carbocycles. The molecule has 2 aromatic heterocycles. The van der Waals surface area contributed by atoms with E-state index >= 15 is 0 Å². The van der Waals surface area contributed by atoms with E-state index in [0.717, 1.165) is 6.54 Å². The maximum Gasteiger partial charge on any atom is 0.0455 e. The van der Waals surface area contributed by atoms with Gasteiger partial charge >= 0.3 is 0 Å². The van der Waals surface area contributed by atoms with Gasteiger partial charge in [-0.2, -0.15) is 11.3 Å². The molecular formula is C11H14N2S2. The number of hydrogen-bond donors (Lipinski definition) is 2. The minimum absolute atomic E-state index is 0.276. The quantitative estimate of drug-likeness (QED) is 0.840. The number of nitrogens with two attached hydrogens (primary N) is 1. The first-order valence-electron chi connectivity index (χ1n) is 4.88. The molecule has 3 N–H and O–H groups in total. The fraction of sp³-hybridized carbons (Fsp3) is 0.273. The summed E-state index contributed by atoms with van der Waals surface area (Å²) in [6, 6.07) is 6.62. The zero-order valence-corrected chi connectivity index (χ0v) is 9.98. The van der Waals surface area contributed by atoms with Gasteiger partial charge in [0.05, 0.1) is 0 Å². The smallest absolute Gasteiger partial charge is 0.0455 e. The molecule has 0 aliphatic heterocycles. The van der Waals surface area contributed by atoms with Gasteiger partial charge in [0.15, 0.2) is 0 Å². The van der Waals surface area contributed by atoms with Crippen LogP contribution >= 0.6 is 22.7 Å². The molecule has 0 saturated carbocycles. The number of hydrogen-bond acceptors (Lipinski definition) is 4. The predicted molar refractivity (Wildman–Crippen MR) is 67.3 cm³/mol. The zero-order valence-electron chi connectivity index (χ0n) is 8.35. The van der Waals surface area contributed by atoms with E-state index in [4.69, 9.17) is 5.73 Å². The monoisotopic (exact) mass is 238 g/mol. The second-order valence-electron chi connectivity index (χ2n) is 3.31. The molecule has 2 nitrogen and oxygen atoms in total. The largest absolute Gasteiger partial charge is 0.329 e. The topological polar surface area (TPSA) is 38.0 Å². The molecule has 1 unspecified atom stereocenters. The number of thiophene rings is 2. The highest BCUT2D eigenvalue weighted by Gasteiger charge is 2.08. The summed E-state index contributed by atoms with van der Waals surface area (Å²) in [6.45, 7) is 1.54. The molecule has 1 atom stereocenters. The molecule has 0 radical (unpaired) electrons. The Morgan fingerprint density at radius 2 is 2.27 bits per heavy atom. The molecule has 2 rings (SSSR count). The molecule has 2 aromatic rings. The third kappa shape index (κ3) is 2.89. The zero-order chi connectivity index (χ0) is 10.5. The highest BCUT2D eigenvalue weighted by molar-refractivity contribution is 7.09. The van der Waals surface area contributed by atoms with Gasteiger partial charge in [0.1, 0.15) is 0 Å². The molecule has 0 amide bonds. The lowest BCUT2D eigenvalue weighted by Gasteiger charge is -2.14. The lowest BCUT2D eigenvalue weighted by atomic mass is 10.1. The van der Waals surface area contributed by atoms with E-state index in [1.165, 1.54) is 10.4 Å². The summed E-state index contributed by atoms with van der Waals surface area (Å²) in [4.78, 5) is 1.35. The Morgan fingerprint density at radius 1 is 1.33 bits per heavy atom. The normalized spacial score (nSPS) is 12.9. The van der Waals surface area contributed by atoms with Gasteiger partial charge < -0.3 is 11.1 Å². The van der Waals surface area contributed by atoms with E-state index in [-0.39, 0.29) is 6.04 Å². The van der Waals surface area contributed by atoms with Crippen molar-refractivity contribution in [3.8, 4) is 0 Å². The summed E-state index contributed by atoms with van der Waals surface area (Å²) in [6.07, 6.45) is 0. The van der Waals surface area contributed by atoms with Gasteiger partial charge in [0, 0.05) is 24.0 Å². The Morgan fingerprint density at radius 3 is 2.87 bits per heavy atom. The van der Waals surface area contributed by atoms with Crippen LogP contribution in [0, 0.1) is 0 Å². The van der Waals surface area contributed by atoms with Crippen molar-refractivity contribution in [2.45, 2.75) is 12.6 Å². The molecule has 0 fully saturated rings. The first-order valence-corrected chi connectivity index (χ1v) is 6.70. The van der Waals surface area contributed by atoms with E-state index in [1.54, 1.807) is 22.7 Å². The van der Waals surface area contributed by atoms with Crippen LogP contribution in [0.2, 0.25) is 0 Å². The summed E-state index contributed by atoms with van der Waals surface area (Å²) >= 11 is 3.49. The van der Waals surface area contributed by atoms with Crippen LogP contribution in [0.1, 0.15) is 16.5 Å². The predicted octanol–water partition coefficient (Wildman–Crippen LogP) is 2.60. The van der Waals surface area contributed by atoms with Crippen LogP contribution in [-0.4, -0.2) is 6.54 Å². The molecule has 2 heterocycles. The molecular weight excluding hydrogens is 224 g/mol. The minimum Gasteiger partial charge on any atom is -0.329 e.